The van der Waals surface area contributed by atoms with Gasteiger partial charge >= 0.3 is 0 Å². The van der Waals surface area contributed by atoms with Crippen molar-refractivity contribution in [3.05, 3.63) is 71.5 Å². The highest BCUT2D eigenvalue weighted by Gasteiger charge is 2.12. The van der Waals surface area contributed by atoms with Crippen LogP contribution in [0.5, 0.6) is 0 Å². The van der Waals surface area contributed by atoms with Crippen molar-refractivity contribution in [2.75, 3.05) is 6.54 Å². The summed E-state index contributed by atoms with van der Waals surface area (Å²) in [7, 11) is 0. The summed E-state index contributed by atoms with van der Waals surface area (Å²) in [5, 5.41) is 11.9. The molecule has 0 bridgehead atoms. The maximum Gasteiger partial charge on any atom is 0.123 e. The molecule has 0 amide bonds. The third kappa shape index (κ3) is 3.64. The molecule has 1 N–H and O–H groups in total. The van der Waals surface area contributed by atoms with Crippen molar-refractivity contribution < 1.29 is 4.39 Å². The van der Waals surface area contributed by atoms with Gasteiger partial charge in [0.1, 0.15) is 5.82 Å². The van der Waals surface area contributed by atoms with Crippen LogP contribution >= 0.6 is 0 Å². The van der Waals surface area contributed by atoms with Crippen LogP contribution < -0.4 is 5.32 Å². The maximum absolute atomic E-state index is 13.0. The lowest BCUT2D eigenvalue weighted by Gasteiger charge is -2.19. The number of nitrogens with one attached hydrogen (secondary N) is 1. The van der Waals surface area contributed by atoms with Crippen LogP contribution in [-0.4, -0.2) is 6.54 Å². The van der Waals surface area contributed by atoms with Crippen LogP contribution in [0, 0.1) is 17.1 Å². The summed E-state index contributed by atoms with van der Waals surface area (Å²) in [4.78, 5) is 0. The molecule has 19 heavy (non-hydrogen) atoms. The molecule has 0 spiro atoms. The second-order valence-corrected chi connectivity index (χ2v) is 4.26. The molecule has 0 saturated carbocycles. The predicted molar refractivity (Wildman–Crippen MR) is 72.9 cm³/mol. The van der Waals surface area contributed by atoms with Crippen LogP contribution in [0.25, 0.3) is 0 Å². The Labute approximate surface area is 112 Å². The molecule has 1 unspecified atom stereocenters. The molecule has 1 atom stereocenters. The van der Waals surface area contributed by atoms with E-state index in [1.54, 1.807) is 12.1 Å². The first-order valence-corrected chi connectivity index (χ1v) is 6.22. The number of nitriles is 1. The number of nitrogens with zero attached hydrogens (tertiary/aromatic N) is 1. The molecule has 0 fully saturated rings. The highest BCUT2D eigenvalue weighted by atomic mass is 19.1. The molecule has 3 heteroatoms. The molecule has 2 rings (SSSR count). The van der Waals surface area contributed by atoms with Gasteiger partial charge in [0, 0.05) is 13.0 Å². The molecular formula is C16H15FN2. The third-order valence-corrected chi connectivity index (χ3v) is 2.92. The molecule has 2 aromatic carbocycles. The summed E-state index contributed by atoms with van der Waals surface area (Å²) in [5.74, 6) is -0.243. The van der Waals surface area contributed by atoms with Crippen molar-refractivity contribution >= 4 is 0 Å². The molecule has 0 aromatic heterocycles. The average Bonchev–Trinajstić information content (AvgIpc) is 2.46. The number of halogens is 1. The fourth-order valence-corrected chi connectivity index (χ4v) is 2.00. The first-order valence-electron chi connectivity index (χ1n) is 6.22. The standard InChI is InChI=1S/C16H15FN2/c17-15-9-7-14(8-10-15)16(19-12-4-11-18)13-5-2-1-3-6-13/h1-3,5-10,16,19H,4,12H2. The molecule has 0 saturated heterocycles. The highest BCUT2D eigenvalue weighted by Crippen LogP contribution is 2.22. The van der Waals surface area contributed by atoms with Crippen molar-refractivity contribution in [2.24, 2.45) is 0 Å². The third-order valence-electron chi connectivity index (χ3n) is 2.92. The molecular weight excluding hydrogens is 239 g/mol. The van der Waals surface area contributed by atoms with Gasteiger partial charge < -0.3 is 5.32 Å². The minimum atomic E-state index is -0.243. The number of hydrogen-bond donors (Lipinski definition) is 1. The van der Waals surface area contributed by atoms with Gasteiger partial charge in [0.15, 0.2) is 0 Å². The minimum absolute atomic E-state index is 0.0184. The van der Waals surface area contributed by atoms with E-state index < -0.39 is 0 Å². The maximum atomic E-state index is 13.0. The number of rotatable bonds is 5. The molecule has 0 heterocycles. The molecule has 2 nitrogen and oxygen atoms in total. The van der Waals surface area contributed by atoms with E-state index in [-0.39, 0.29) is 11.9 Å². The van der Waals surface area contributed by atoms with Crippen molar-refractivity contribution in [3.8, 4) is 6.07 Å². The zero-order valence-electron chi connectivity index (χ0n) is 10.5. The van der Waals surface area contributed by atoms with Gasteiger partial charge in [0.2, 0.25) is 0 Å². The van der Waals surface area contributed by atoms with E-state index in [4.69, 9.17) is 5.26 Å². The topological polar surface area (TPSA) is 35.8 Å². The van der Waals surface area contributed by atoms with E-state index in [1.165, 1.54) is 12.1 Å². The van der Waals surface area contributed by atoms with Gasteiger partial charge in [-0.25, -0.2) is 4.39 Å². The van der Waals surface area contributed by atoms with Gasteiger partial charge in [-0.15, -0.1) is 0 Å². The van der Waals surface area contributed by atoms with Crippen LogP contribution in [-0.2, 0) is 0 Å². The summed E-state index contributed by atoms with van der Waals surface area (Å²) in [5.41, 5.74) is 2.09. The van der Waals surface area contributed by atoms with Gasteiger partial charge in [-0.05, 0) is 23.3 Å². The molecule has 0 radical (unpaired) electrons. The Morgan fingerprint density at radius 3 is 2.26 bits per heavy atom. The first kappa shape index (κ1) is 13.3. The largest absolute Gasteiger partial charge is 0.305 e. The van der Waals surface area contributed by atoms with Gasteiger partial charge in [-0.2, -0.15) is 5.26 Å². The highest BCUT2D eigenvalue weighted by molar-refractivity contribution is 5.31. The second kappa shape index (κ2) is 6.67. The van der Waals surface area contributed by atoms with E-state index in [1.807, 2.05) is 30.3 Å². The molecule has 0 aliphatic carbocycles. The predicted octanol–water partition coefficient (Wildman–Crippen LogP) is 3.42. The average molecular weight is 254 g/mol. The van der Waals surface area contributed by atoms with Crippen LogP contribution in [0.4, 0.5) is 4.39 Å². The summed E-state index contributed by atoms with van der Waals surface area (Å²) >= 11 is 0. The normalized spacial score (nSPS) is 11.8. The Morgan fingerprint density at radius 2 is 1.63 bits per heavy atom. The lowest BCUT2D eigenvalue weighted by Crippen LogP contribution is -2.23. The summed E-state index contributed by atoms with van der Waals surface area (Å²) < 4.78 is 13.0. The fourth-order valence-electron chi connectivity index (χ4n) is 2.00. The van der Waals surface area contributed by atoms with Crippen LogP contribution in [0.1, 0.15) is 23.6 Å². The second-order valence-electron chi connectivity index (χ2n) is 4.26. The fraction of sp³-hybridized carbons (Fsp3) is 0.188. The van der Waals surface area contributed by atoms with Gasteiger partial charge in [-0.3, -0.25) is 0 Å². The van der Waals surface area contributed by atoms with Crippen molar-refractivity contribution in [3.63, 3.8) is 0 Å². The molecule has 0 aliphatic rings. The van der Waals surface area contributed by atoms with Crippen LogP contribution in [0.15, 0.2) is 54.6 Å². The van der Waals surface area contributed by atoms with E-state index in [0.717, 1.165) is 11.1 Å². The molecule has 0 aliphatic heterocycles. The quantitative estimate of drug-likeness (QED) is 0.830. The SMILES string of the molecule is N#CCCNC(c1ccccc1)c1ccc(F)cc1. The monoisotopic (exact) mass is 254 g/mol. The Hall–Kier alpha value is -2.18. The Kier molecular flexibility index (Phi) is 4.66. The van der Waals surface area contributed by atoms with Crippen LogP contribution in [0.2, 0.25) is 0 Å². The minimum Gasteiger partial charge on any atom is -0.305 e. The lowest BCUT2D eigenvalue weighted by molar-refractivity contribution is 0.604. The molecule has 96 valence electrons. The lowest BCUT2D eigenvalue weighted by atomic mass is 9.98. The van der Waals surface area contributed by atoms with Crippen molar-refractivity contribution in [1.29, 1.82) is 5.26 Å². The first-order chi connectivity index (χ1) is 9.31. The zero-order valence-corrected chi connectivity index (χ0v) is 10.5. The Balaban J connectivity index is 2.24. The summed E-state index contributed by atoms with van der Waals surface area (Å²) in [6.45, 7) is 0.605. The van der Waals surface area contributed by atoms with E-state index in [0.29, 0.717) is 13.0 Å². The van der Waals surface area contributed by atoms with E-state index >= 15 is 0 Å². The molecule has 2 aromatic rings. The number of hydrogen-bond acceptors (Lipinski definition) is 2. The number of benzene rings is 2. The Bertz CT molecular complexity index is 543. The smallest absolute Gasteiger partial charge is 0.123 e. The Morgan fingerprint density at radius 1 is 1.00 bits per heavy atom. The van der Waals surface area contributed by atoms with E-state index in [9.17, 15) is 4.39 Å². The van der Waals surface area contributed by atoms with Crippen LogP contribution in [0.3, 0.4) is 0 Å². The van der Waals surface area contributed by atoms with Crippen molar-refractivity contribution in [2.45, 2.75) is 12.5 Å². The zero-order chi connectivity index (χ0) is 13.5. The van der Waals surface area contributed by atoms with Gasteiger partial charge in [0.25, 0.3) is 0 Å². The van der Waals surface area contributed by atoms with Gasteiger partial charge in [0.05, 0.1) is 12.1 Å². The van der Waals surface area contributed by atoms with E-state index in [2.05, 4.69) is 11.4 Å². The van der Waals surface area contributed by atoms with Gasteiger partial charge in [-0.1, -0.05) is 42.5 Å². The summed E-state index contributed by atoms with van der Waals surface area (Å²) in [6, 6.07) is 18.5. The van der Waals surface area contributed by atoms with Crippen molar-refractivity contribution in [1.82, 2.24) is 5.32 Å². The summed E-state index contributed by atoms with van der Waals surface area (Å²) in [6.07, 6.45) is 0.449.